The highest BCUT2D eigenvalue weighted by molar-refractivity contribution is 5.23. The summed E-state index contributed by atoms with van der Waals surface area (Å²) >= 11 is 0. The zero-order valence-corrected chi connectivity index (χ0v) is 11.7. The highest BCUT2D eigenvalue weighted by Crippen LogP contribution is 2.15. The molecule has 114 valence electrons. The molecule has 0 aliphatic rings. The molecule has 0 aliphatic heterocycles. The van der Waals surface area contributed by atoms with Crippen molar-refractivity contribution in [2.45, 2.75) is 26.0 Å². The Balaban J connectivity index is 2.36. The van der Waals surface area contributed by atoms with Crippen molar-refractivity contribution in [3.63, 3.8) is 0 Å². The first-order chi connectivity index (χ1) is 9.38. The topological polar surface area (TPSA) is 64.7 Å². The molecule has 1 aromatic carbocycles. The van der Waals surface area contributed by atoms with Gasteiger partial charge in [-0.05, 0) is 5.92 Å². The molecule has 0 bridgehead atoms. The van der Waals surface area contributed by atoms with Crippen LogP contribution < -0.4 is 10.5 Å². The van der Waals surface area contributed by atoms with Crippen LogP contribution in [-0.4, -0.2) is 37.1 Å². The van der Waals surface area contributed by atoms with E-state index in [4.69, 9.17) is 15.2 Å². The number of hydrogen-bond acceptors (Lipinski definition) is 4. The lowest BCUT2D eigenvalue weighted by atomic mass is 10.2. The Hall–Kier alpha value is -1.24. The van der Waals surface area contributed by atoms with Crippen molar-refractivity contribution in [1.82, 2.24) is 0 Å². The zero-order valence-electron chi connectivity index (χ0n) is 11.7. The van der Waals surface area contributed by atoms with Gasteiger partial charge in [-0.15, -0.1) is 0 Å². The number of aliphatic hydroxyl groups excluding tert-OH is 1. The van der Waals surface area contributed by atoms with Crippen molar-refractivity contribution < 1.29 is 23.4 Å². The first kappa shape index (κ1) is 16.8. The molecule has 4 nitrogen and oxygen atoms in total. The molecular weight excluding hydrogens is 268 g/mol. The number of rotatable bonds is 8. The second-order valence-electron chi connectivity index (χ2n) is 5.08. The van der Waals surface area contributed by atoms with Crippen LogP contribution in [0.25, 0.3) is 0 Å². The van der Waals surface area contributed by atoms with Crippen molar-refractivity contribution in [2.24, 2.45) is 11.7 Å². The molecule has 1 aromatic rings. The van der Waals surface area contributed by atoms with Gasteiger partial charge in [-0.3, -0.25) is 0 Å². The minimum Gasteiger partial charge on any atom is -0.492 e. The van der Waals surface area contributed by atoms with Gasteiger partial charge in [-0.25, -0.2) is 8.78 Å². The van der Waals surface area contributed by atoms with Gasteiger partial charge in [0.1, 0.15) is 24.0 Å². The number of aliphatic hydroxyl groups is 1. The van der Waals surface area contributed by atoms with Crippen LogP contribution >= 0.6 is 0 Å². The highest BCUT2D eigenvalue weighted by Gasteiger charge is 2.16. The molecule has 2 atom stereocenters. The first-order valence-corrected chi connectivity index (χ1v) is 6.48. The van der Waals surface area contributed by atoms with E-state index in [1.54, 1.807) is 0 Å². The summed E-state index contributed by atoms with van der Waals surface area (Å²) < 4.78 is 36.3. The van der Waals surface area contributed by atoms with E-state index in [0.29, 0.717) is 12.5 Å². The molecule has 1 rings (SSSR count). The second-order valence-corrected chi connectivity index (χ2v) is 5.08. The van der Waals surface area contributed by atoms with Gasteiger partial charge in [0.05, 0.1) is 18.8 Å². The molecule has 2 unspecified atom stereocenters. The molecule has 0 aliphatic carbocycles. The van der Waals surface area contributed by atoms with Crippen molar-refractivity contribution >= 4 is 0 Å². The third-order valence-corrected chi connectivity index (χ3v) is 2.51. The van der Waals surface area contributed by atoms with Crippen molar-refractivity contribution in [1.29, 1.82) is 0 Å². The van der Waals surface area contributed by atoms with Crippen LogP contribution in [0.15, 0.2) is 18.2 Å². The van der Waals surface area contributed by atoms with Crippen LogP contribution in [0.4, 0.5) is 8.78 Å². The fourth-order valence-electron chi connectivity index (χ4n) is 1.46. The van der Waals surface area contributed by atoms with Gasteiger partial charge in [0.15, 0.2) is 0 Å². The van der Waals surface area contributed by atoms with E-state index in [1.165, 1.54) is 0 Å². The lowest BCUT2D eigenvalue weighted by Crippen LogP contribution is -2.42. The predicted octanol–water partition coefficient (Wildman–Crippen LogP) is 1.70. The van der Waals surface area contributed by atoms with E-state index in [-0.39, 0.29) is 19.0 Å². The minimum absolute atomic E-state index is 0.0354. The summed E-state index contributed by atoms with van der Waals surface area (Å²) in [6.45, 7) is 4.55. The summed E-state index contributed by atoms with van der Waals surface area (Å²) in [5.41, 5.74) is 5.72. The van der Waals surface area contributed by atoms with Crippen LogP contribution in [0.3, 0.4) is 0 Å². The third kappa shape index (κ3) is 6.27. The third-order valence-electron chi connectivity index (χ3n) is 2.51. The predicted molar refractivity (Wildman–Crippen MR) is 71.5 cm³/mol. The maximum absolute atomic E-state index is 12.9. The maximum atomic E-state index is 12.9. The Morgan fingerprint density at radius 1 is 1.10 bits per heavy atom. The van der Waals surface area contributed by atoms with Gasteiger partial charge in [0.25, 0.3) is 0 Å². The Morgan fingerprint density at radius 2 is 1.70 bits per heavy atom. The minimum atomic E-state index is -0.896. The van der Waals surface area contributed by atoms with Gasteiger partial charge in [-0.2, -0.15) is 0 Å². The number of hydrogen-bond donors (Lipinski definition) is 2. The monoisotopic (exact) mass is 289 g/mol. The van der Waals surface area contributed by atoms with E-state index in [0.717, 1.165) is 18.2 Å². The molecule has 0 radical (unpaired) electrons. The summed E-state index contributed by atoms with van der Waals surface area (Å²) in [6.07, 6.45) is -0.896. The Labute approximate surface area is 117 Å². The van der Waals surface area contributed by atoms with E-state index in [1.807, 2.05) is 13.8 Å². The molecule has 3 N–H and O–H groups in total. The number of nitrogens with two attached hydrogens (primary N) is 1. The van der Waals surface area contributed by atoms with Crippen molar-refractivity contribution in [3.8, 4) is 5.75 Å². The smallest absolute Gasteiger partial charge is 0.129 e. The van der Waals surface area contributed by atoms with E-state index in [2.05, 4.69) is 0 Å². The molecule has 0 fully saturated rings. The molecule has 6 heteroatoms. The van der Waals surface area contributed by atoms with Crippen LogP contribution in [0, 0.1) is 17.6 Å². The summed E-state index contributed by atoms with van der Waals surface area (Å²) in [4.78, 5) is 0. The first-order valence-electron chi connectivity index (χ1n) is 6.48. The molecule has 0 spiro atoms. The summed E-state index contributed by atoms with van der Waals surface area (Å²) in [5.74, 6) is -1.05. The highest BCUT2D eigenvalue weighted by atomic mass is 19.1. The van der Waals surface area contributed by atoms with Crippen molar-refractivity contribution in [3.05, 3.63) is 29.8 Å². The standard InChI is InChI=1S/C14H21F2NO3/c1-9(2)6-19-8-14(18)13(17)7-20-12-4-10(15)3-11(16)5-12/h3-5,9,13-14,18H,6-8,17H2,1-2H3. The Morgan fingerprint density at radius 3 is 2.25 bits per heavy atom. The van der Waals surface area contributed by atoms with E-state index in [9.17, 15) is 13.9 Å². The molecular formula is C14H21F2NO3. The zero-order chi connectivity index (χ0) is 15.1. The lowest BCUT2D eigenvalue weighted by Gasteiger charge is -2.19. The molecule has 0 saturated heterocycles. The lowest BCUT2D eigenvalue weighted by molar-refractivity contribution is 0.00646. The second kappa shape index (κ2) is 8.14. The van der Waals surface area contributed by atoms with Gasteiger partial charge in [0.2, 0.25) is 0 Å². The van der Waals surface area contributed by atoms with Crippen LogP contribution in [-0.2, 0) is 4.74 Å². The fraction of sp³-hybridized carbons (Fsp3) is 0.571. The Bertz CT molecular complexity index is 395. The van der Waals surface area contributed by atoms with Gasteiger partial charge >= 0.3 is 0 Å². The molecule has 20 heavy (non-hydrogen) atoms. The molecule has 0 aromatic heterocycles. The van der Waals surface area contributed by atoms with Crippen LogP contribution in [0.2, 0.25) is 0 Å². The fourth-order valence-corrected chi connectivity index (χ4v) is 1.46. The molecule has 0 heterocycles. The van der Waals surface area contributed by atoms with E-state index >= 15 is 0 Å². The largest absolute Gasteiger partial charge is 0.492 e. The average Bonchev–Trinajstić information content (AvgIpc) is 2.34. The number of halogens is 2. The van der Waals surface area contributed by atoms with Crippen LogP contribution in [0.1, 0.15) is 13.8 Å². The van der Waals surface area contributed by atoms with Crippen LogP contribution in [0.5, 0.6) is 5.75 Å². The van der Waals surface area contributed by atoms with Gasteiger partial charge in [-0.1, -0.05) is 13.8 Å². The summed E-state index contributed by atoms with van der Waals surface area (Å²) in [7, 11) is 0. The number of ether oxygens (including phenoxy) is 2. The maximum Gasteiger partial charge on any atom is 0.129 e. The summed E-state index contributed by atoms with van der Waals surface area (Å²) in [5, 5.41) is 9.74. The SMILES string of the molecule is CC(C)COCC(O)C(N)COc1cc(F)cc(F)c1. The Kier molecular flexibility index (Phi) is 6.84. The quantitative estimate of drug-likeness (QED) is 0.764. The average molecular weight is 289 g/mol. The molecule has 0 saturated carbocycles. The van der Waals surface area contributed by atoms with Gasteiger partial charge in [0, 0.05) is 24.8 Å². The number of benzene rings is 1. The van der Waals surface area contributed by atoms with Gasteiger partial charge < -0.3 is 20.3 Å². The normalized spacial score (nSPS) is 14.3. The summed E-state index contributed by atoms with van der Waals surface area (Å²) in [6, 6.07) is 2.16. The van der Waals surface area contributed by atoms with E-state index < -0.39 is 23.8 Å². The molecule has 0 amide bonds. The van der Waals surface area contributed by atoms with Crippen molar-refractivity contribution in [2.75, 3.05) is 19.8 Å².